The van der Waals surface area contributed by atoms with Gasteiger partial charge in [0.1, 0.15) is 16.4 Å². The highest BCUT2D eigenvalue weighted by molar-refractivity contribution is 7.91. The van der Waals surface area contributed by atoms with Gasteiger partial charge in [0.2, 0.25) is 0 Å². The average Bonchev–Trinajstić information content (AvgIpc) is 3.06. The molecule has 5 nitrogen and oxygen atoms in total. The zero-order chi connectivity index (χ0) is 21.0. The van der Waals surface area contributed by atoms with Crippen molar-refractivity contribution in [3.8, 4) is 0 Å². The largest absolute Gasteiger partial charge is 0.464 e. The fourth-order valence-electron chi connectivity index (χ4n) is 4.24. The fourth-order valence-corrected chi connectivity index (χ4v) is 7.43. The second-order valence-corrected chi connectivity index (χ2v) is 12.0. The average molecular weight is 464 g/mol. The van der Waals surface area contributed by atoms with Gasteiger partial charge in [0, 0.05) is 22.0 Å². The molecule has 0 N–H and O–H groups in total. The Morgan fingerprint density at radius 2 is 2.03 bits per heavy atom. The summed E-state index contributed by atoms with van der Waals surface area (Å²) in [5.41, 5.74) is 0. The Bertz CT molecular complexity index is 1230. The molecule has 2 aromatic heterocycles. The molecule has 30 heavy (non-hydrogen) atoms. The van der Waals surface area contributed by atoms with Gasteiger partial charge in [0.05, 0.1) is 23.1 Å². The zero-order valence-electron chi connectivity index (χ0n) is 16.5. The maximum absolute atomic E-state index is 13.6. The number of sulfone groups is 1. The Morgan fingerprint density at radius 1 is 1.27 bits per heavy atom. The van der Waals surface area contributed by atoms with E-state index in [9.17, 15) is 13.2 Å². The lowest BCUT2D eigenvalue weighted by atomic mass is 10.2. The van der Waals surface area contributed by atoms with Crippen LogP contribution in [0.5, 0.6) is 0 Å². The van der Waals surface area contributed by atoms with Crippen molar-refractivity contribution in [2.24, 2.45) is 5.92 Å². The van der Waals surface area contributed by atoms with E-state index >= 15 is 0 Å². The predicted octanol–water partition coefficient (Wildman–Crippen LogP) is 5.10. The topological polar surface area (TPSA) is 67.6 Å². The number of hydrogen-bond acceptors (Lipinski definition) is 5. The molecule has 0 bridgehead atoms. The molecule has 2 fully saturated rings. The number of thiophene rings is 1. The normalized spacial score (nSPS) is 24.9. The molecule has 1 aliphatic carbocycles. The van der Waals surface area contributed by atoms with E-state index in [0.717, 1.165) is 22.3 Å². The third-order valence-electron chi connectivity index (χ3n) is 6.12. The number of carbonyl (C=O) groups is 1. The van der Waals surface area contributed by atoms with Crippen molar-refractivity contribution < 1.29 is 17.6 Å². The van der Waals surface area contributed by atoms with Crippen LogP contribution >= 0.6 is 22.9 Å². The lowest BCUT2D eigenvalue weighted by Crippen LogP contribution is -2.40. The van der Waals surface area contributed by atoms with Gasteiger partial charge in [-0.25, -0.2) is 8.42 Å². The van der Waals surface area contributed by atoms with E-state index in [1.165, 1.54) is 11.3 Å². The molecule has 1 amide bonds. The predicted molar refractivity (Wildman–Crippen MR) is 119 cm³/mol. The summed E-state index contributed by atoms with van der Waals surface area (Å²) < 4.78 is 31.2. The molecule has 5 rings (SSSR count). The van der Waals surface area contributed by atoms with Gasteiger partial charge in [-0.3, -0.25) is 4.79 Å². The van der Waals surface area contributed by atoms with Gasteiger partial charge >= 0.3 is 0 Å². The van der Waals surface area contributed by atoms with Crippen LogP contribution in [0, 0.1) is 5.92 Å². The van der Waals surface area contributed by atoms with Crippen molar-refractivity contribution in [3.05, 3.63) is 57.8 Å². The highest BCUT2D eigenvalue weighted by Crippen LogP contribution is 2.47. The van der Waals surface area contributed by atoms with Crippen molar-refractivity contribution in [1.82, 2.24) is 4.90 Å². The van der Waals surface area contributed by atoms with Gasteiger partial charge < -0.3 is 9.32 Å². The summed E-state index contributed by atoms with van der Waals surface area (Å²) in [6, 6.07) is 11.1. The number of halogens is 1. The molecule has 1 aromatic carbocycles. The number of rotatable bonds is 5. The third kappa shape index (κ3) is 3.67. The van der Waals surface area contributed by atoms with Crippen LogP contribution < -0.4 is 0 Å². The maximum Gasteiger partial charge on any atom is 0.266 e. The molecule has 0 spiro atoms. The molecular weight excluding hydrogens is 442 g/mol. The van der Waals surface area contributed by atoms with Gasteiger partial charge in [0.15, 0.2) is 9.84 Å². The van der Waals surface area contributed by atoms with Crippen LogP contribution in [-0.2, 0) is 16.4 Å². The minimum absolute atomic E-state index is 0.0194. The number of furan rings is 1. The minimum atomic E-state index is -3.14. The number of fused-ring (bicyclic) bond motifs is 1. The van der Waals surface area contributed by atoms with E-state index in [0.29, 0.717) is 33.9 Å². The highest BCUT2D eigenvalue weighted by Gasteiger charge is 2.38. The molecule has 3 aromatic rings. The highest BCUT2D eigenvalue weighted by atomic mass is 35.5. The Balaban J connectivity index is 1.48. The van der Waals surface area contributed by atoms with Crippen LogP contribution in [0.2, 0.25) is 5.02 Å². The van der Waals surface area contributed by atoms with E-state index in [4.69, 9.17) is 16.0 Å². The summed E-state index contributed by atoms with van der Waals surface area (Å²) in [5.74, 6) is 2.55. The van der Waals surface area contributed by atoms with Crippen LogP contribution in [0.15, 0.2) is 40.8 Å². The Morgan fingerprint density at radius 3 is 2.70 bits per heavy atom. The Hall–Kier alpha value is -1.83. The molecule has 158 valence electrons. The number of benzene rings is 1. The molecule has 1 aliphatic heterocycles. The van der Waals surface area contributed by atoms with Crippen molar-refractivity contribution >= 4 is 48.8 Å². The second kappa shape index (κ2) is 7.39. The summed E-state index contributed by atoms with van der Waals surface area (Å²) in [4.78, 5) is 15.6. The second-order valence-electron chi connectivity index (χ2n) is 8.35. The zero-order valence-corrected chi connectivity index (χ0v) is 18.9. The van der Waals surface area contributed by atoms with Crippen LogP contribution in [0.1, 0.15) is 46.9 Å². The summed E-state index contributed by atoms with van der Waals surface area (Å²) in [6.45, 7) is 2.43. The van der Waals surface area contributed by atoms with Crippen molar-refractivity contribution in [1.29, 1.82) is 0 Å². The van der Waals surface area contributed by atoms with Gasteiger partial charge in [-0.15, -0.1) is 11.3 Å². The van der Waals surface area contributed by atoms with Crippen LogP contribution in [-0.4, -0.2) is 36.8 Å². The number of hydrogen-bond donors (Lipinski definition) is 0. The first-order valence-electron chi connectivity index (χ1n) is 10.1. The Labute approximate surface area is 184 Å². The van der Waals surface area contributed by atoms with E-state index < -0.39 is 9.84 Å². The number of nitrogens with zero attached hydrogens (tertiary/aromatic N) is 1. The first-order valence-corrected chi connectivity index (χ1v) is 13.1. The van der Waals surface area contributed by atoms with Gasteiger partial charge in [-0.2, -0.15) is 0 Å². The number of amides is 1. The van der Waals surface area contributed by atoms with E-state index in [2.05, 4.69) is 6.92 Å². The lowest BCUT2D eigenvalue weighted by Gasteiger charge is -2.27. The van der Waals surface area contributed by atoms with E-state index in [1.807, 2.05) is 36.4 Å². The molecule has 0 radical (unpaired) electrons. The standard InChI is InChI=1S/C22H22ClNO4S2/c1-13-10-17(13)18-7-6-15(28-18)11-24(14-8-9-30(26,27)12-14)22(25)21-20(23)16-4-2-3-5-19(16)29-21/h2-7,13-14,17H,8-12H2,1H3. The molecule has 1 saturated heterocycles. The molecule has 2 aliphatic rings. The van der Waals surface area contributed by atoms with Crippen molar-refractivity contribution in [3.63, 3.8) is 0 Å². The molecule has 8 heteroatoms. The number of carbonyl (C=O) groups excluding carboxylic acids is 1. The van der Waals surface area contributed by atoms with E-state index in [-0.39, 0.29) is 30.0 Å². The Kier molecular flexibility index (Phi) is 4.95. The van der Waals surface area contributed by atoms with Gasteiger partial charge in [-0.05, 0) is 37.0 Å². The molecule has 1 saturated carbocycles. The van der Waals surface area contributed by atoms with Crippen LogP contribution in [0.4, 0.5) is 0 Å². The third-order valence-corrected chi connectivity index (χ3v) is 9.54. The molecule has 3 atom stereocenters. The molecular formula is C22H22ClNO4S2. The molecule has 3 heterocycles. The minimum Gasteiger partial charge on any atom is -0.464 e. The van der Waals surface area contributed by atoms with E-state index in [1.54, 1.807) is 4.90 Å². The lowest BCUT2D eigenvalue weighted by molar-refractivity contribution is 0.0670. The summed E-state index contributed by atoms with van der Waals surface area (Å²) in [5, 5.41) is 1.27. The van der Waals surface area contributed by atoms with Gasteiger partial charge in [0.25, 0.3) is 5.91 Å². The summed E-state index contributed by atoms with van der Waals surface area (Å²) in [6.07, 6.45) is 1.55. The summed E-state index contributed by atoms with van der Waals surface area (Å²) in [7, 11) is -3.14. The van der Waals surface area contributed by atoms with Crippen LogP contribution in [0.25, 0.3) is 10.1 Å². The van der Waals surface area contributed by atoms with Crippen molar-refractivity contribution in [2.45, 2.75) is 38.3 Å². The smallest absolute Gasteiger partial charge is 0.266 e. The molecule has 3 unspecified atom stereocenters. The van der Waals surface area contributed by atoms with Gasteiger partial charge in [-0.1, -0.05) is 36.7 Å². The fraction of sp³-hybridized carbons (Fsp3) is 0.409. The van der Waals surface area contributed by atoms with Crippen molar-refractivity contribution in [2.75, 3.05) is 11.5 Å². The summed E-state index contributed by atoms with van der Waals surface area (Å²) >= 11 is 7.90. The maximum atomic E-state index is 13.6. The SMILES string of the molecule is CC1CC1c1ccc(CN(C(=O)c2sc3ccccc3c2Cl)C2CCS(=O)(=O)C2)o1. The van der Waals surface area contributed by atoms with Crippen LogP contribution in [0.3, 0.4) is 0 Å². The first-order chi connectivity index (χ1) is 14.3. The monoisotopic (exact) mass is 463 g/mol. The first kappa shape index (κ1) is 20.1. The quantitative estimate of drug-likeness (QED) is 0.527.